The summed E-state index contributed by atoms with van der Waals surface area (Å²) in [6.45, 7) is 11.8. The van der Waals surface area contributed by atoms with Gasteiger partial charge in [0.25, 0.3) is 0 Å². The van der Waals surface area contributed by atoms with Gasteiger partial charge in [0.1, 0.15) is 0 Å². The molecule has 0 aromatic rings. The number of allylic oxidation sites excluding steroid dienone is 16. The van der Waals surface area contributed by atoms with Crippen molar-refractivity contribution in [1.29, 1.82) is 0 Å². The molecular weight excluding hydrogens is 861 g/mol. The molecule has 0 aromatic carbocycles. The molecule has 0 unspecified atom stereocenters. The molecule has 0 amide bonds. The van der Waals surface area contributed by atoms with Gasteiger partial charge in [-0.1, -0.05) is 186 Å². The third-order valence-electron chi connectivity index (χ3n) is 8.24. The van der Waals surface area contributed by atoms with Gasteiger partial charge in [-0.2, -0.15) is 0 Å². The van der Waals surface area contributed by atoms with Crippen molar-refractivity contribution in [1.82, 2.24) is 0 Å². The fourth-order valence-electron chi connectivity index (χ4n) is 4.45. The average Bonchev–Trinajstić information content (AvgIpc) is 3.27. The van der Waals surface area contributed by atoms with Crippen LogP contribution in [0.2, 0.25) is 0 Å². The summed E-state index contributed by atoms with van der Waals surface area (Å²) in [5.74, 6) is -3.96. The van der Waals surface area contributed by atoms with Crippen molar-refractivity contribution in [2.75, 3.05) is 6.54 Å². The number of carbonyl (C=O) groups is 3. The Morgan fingerprint density at radius 3 is 1.19 bits per heavy atom. The van der Waals surface area contributed by atoms with Crippen LogP contribution in [0.5, 0.6) is 0 Å². The number of hydrogen-bond acceptors (Lipinski definition) is 10. The van der Waals surface area contributed by atoms with Crippen molar-refractivity contribution in [3.63, 3.8) is 0 Å². The van der Waals surface area contributed by atoms with Crippen LogP contribution in [-0.2, 0) is 14.4 Å². The third kappa shape index (κ3) is 68.5. The SMILES string of the molecule is CC/C=C\C[C@H](O)/C=C/C=C\C=C\[C@@H](O)C/C=C\C/C=C\CCC.CC/C=C\C[C@H](O)/C=C/C=C\C=C\[C@@H](O)C/C=C\C/C=C\CCC(=O)[O-].C[C@H]([NH-])C(=O)[O-].[CH2-][C@@H](CCCC[NH3+])C(=O)[O-].[Mg+2]. The minimum absolute atomic E-state index is 0. The predicted molar refractivity (Wildman–Crippen MR) is 271 cm³/mol. The number of quaternary nitrogens is 1. The second kappa shape index (κ2) is 57.9. The van der Waals surface area contributed by atoms with Gasteiger partial charge in [-0.05, 0) is 83.5 Å². The maximum atomic E-state index is 10.2. The molecule has 0 radical (unpaired) electrons. The summed E-state index contributed by atoms with van der Waals surface area (Å²) in [6, 6.07) is -1.09. The predicted octanol–water partition coefficient (Wildman–Crippen LogP) is 5.98. The van der Waals surface area contributed by atoms with Crippen LogP contribution in [0.4, 0.5) is 0 Å². The van der Waals surface area contributed by atoms with Crippen molar-refractivity contribution in [2.24, 2.45) is 5.92 Å². The summed E-state index contributed by atoms with van der Waals surface area (Å²) in [5, 5.41) is 68.6. The topological polar surface area (TPSA) is 253 Å². The summed E-state index contributed by atoms with van der Waals surface area (Å²) in [6.07, 6.45) is 54.9. The second-order valence-electron chi connectivity index (χ2n) is 14.7. The number of unbranched alkanes of at least 4 members (excludes halogenated alkanes) is 2. The number of nitrogens with one attached hydrogen (secondary N) is 1. The Balaban J connectivity index is -0.000000286. The number of aliphatic hydroxyl groups is 4. The van der Waals surface area contributed by atoms with Crippen molar-refractivity contribution in [2.45, 2.75) is 154 Å². The monoisotopic (exact) mass is 945 g/mol. The van der Waals surface area contributed by atoms with Gasteiger partial charge < -0.3 is 68.5 Å². The summed E-state index contributed by atoms with van der Waals surface area (Å²) in [5.41, 5.74) is 10.0. The molecule has 12 nitrogen and oxygen atoms in total. The van der Waals surface area contributed by atoms with Crippen LogP contribution in [0.25, 0.3) is 5.73 Å². The number of aliphatic hydroxyl groups excluding tert-OH is 4. The summed E-state index contributed by atoms with van der Waals surface area (Å²) in [7, 11) is 0. The molecule has 0 saturated heterocycles. The fourth-order valence-corrected chi connectivity index (χ4v) is 4.45. The van der Waals surface area contributed by atoms with E-state index in [1.54, 1.807) is 42.5 Å². The van der Waals surface area contributed by atoms with E-state index in [4.69, 9.17) is 5.73 Å². The molecule has 0 aromatic heterocycles. The molecule has 0 saturated carbocycles. The van der Waals surface area contributed by atoms with E-state index in [0.717, 1.165) is 45.1 Å². The maximum absolute atomic E-state index is 10.2. The van der Waals surface area contributed by atoms with E-state index in [1.807, 2.05) is 85.1 Å². The first-order valence-electron chi connectivity index (χ1n) is 23.2. The van der Waals surface area contributed by atoms with Gasteiger partial charge in [0, 0.05) is 17.9 Å². The van der Waals surface area contributed by atoms with Crippen LogP contribution in [0.1, 0.15) is 124 Å². The Kier molecular flexibility index (Phi) is 62.1. The van der Waals surface area contributed by atoms with Crippen molar-refractivity contribution in [3.05, 3.63) is 158 Å². The number of carboxylic acid groups (broad SMARTS) is 3. The first-order chi connectivity index (χ1) is 31.6. The van der Waals surface area contributed by atoms with E-state index in [-0.39, 0.29) is 29.5 Å². The minimum Gasteiger partial charge on any atom is -0.670 e. The molecule has 13 heteroatoms. The Hall–Kier alpha value is -4.18. The third-order valence-corrected chi connectivity index (χ3v) is 8.24. The van der Waals surface area contributed by atoms with E-state index in [1.165, 1.54) is 13.3 Å². The van der Waals surface area contributed by atoms with E-state index in [0.29, 0.717) is 44.9 Å². The normalized spacial score (nSPS) is 14.9. The molecule has 0 rings (SSSR count). The average molecular weight is 946 g/mol. The van der Waals surface area contributed by atoms with E-state index < -0.39 is 54.3 Å². The largest absolute Gasteiger partial charge is 2.00 e. The minimum atomic E-state index is -1.32. The summed E-state index contributed by atoms with van der Waals surface area (Å²) in [4.78, 5) is 29.7. The zero-order valence-electron chi connectivity index (χ0n) is 41.0. The summed E-state index contributed by atoms with van der Waals surface area (Å²) >= 11 is 0. The molecule has 0 bridgehead atoms. The van der Waals surface area contributed by atoms with Crippen molar-refractivity contribution in [3.8, 4) is 0 Å². The molecule has 0 spiro atoms. The Morgan fingerprint density at radius 1 is 0.552 bits per heavy atom. The number of carboxylic acids is 3. The van der Waals surface area contributed by atoms with Crippen molar-refractivity contribution >= 4 is 41.0 Å². The molecule has 6 atom stereocenters. The standard InChI is InChI=1S/C22H32O4.C22H34O2.C7H14NO2.C3H6NO2.Mg/c1-2-3-10-15-20(23)17-12-8-9-13-18-21(24)16-11-6-4-5-7-14-19-22(25)26;1-3-5-7-8-9-10-14-18-22(24)20-16-12-11-15-19-21(23)17-13-6-4-2;1-6(7(9)10)4-2-3-5-8;1-2(4)3(5)6;/h3,5-13,17-18,20-21,23-24H,2,4,14-16,19H2,1H3,(H,25,26);6-8,10-16,19-24H,3-5,9,17-18H2,1-2H3;6H,1-5,8H2,(H,9,10);2,4H,1H3,(H,5,6);/q;;2*-1;+2/p-2/b7-5-,9-8-,10-3-,11-6-,17-12+,18-13+;8-7-,12-11-,13-6-,14-10-,19-15+,20-16+;;;/t20-,21-;21-,22-;6-;2-;/m0000./s1. The van der Waals surface area contributed by atoms with Gasteiger partial charge in [-0.15, -0.1) is 12.0 Å². The van der Waals surface area contributed by atoms with Crippen LogP contribution in [0.15, 0.2) is 146 Å². The Bertz CT molecular complexity index is 1520. The number of hydrogen-bond donors (Lipinski definition) is 5. The molecule has 0 aliphatic rings. The molecule has 374 valence electrons. The number of aliphatic carboxylic acids is 3. The van der Waals surface area contributed by atoms with Gasteiger partial charge in [0.15, 0.2) is 0 Å². The van der Waals surface area contributed by atoms with Crippen LogP contribution in [0, 0.1) is 12.8 Å². The van der Waals surface area contributed by atoms with Gasteiger partial charge in [0.2, 0.25) is 0 Å². The van der Waals surface area contributed by atoms with Crippen LogP contribution < -0.4 is 21.1 Å². The van der Waals surface area contributed by atoms with E-state index in [9.17, 15) is 50.1 Å². The number of rotatable bonds is 33. The van der Waals surface area contributed by atoms with Crippen LogP contribution in [0.3, 0.4) is 0 Å². The molecule has 8 N–H and O–H groups in total. The molecule has 0 fully saturated rings. The zero-order chi connectivity index (χ0) is 50.5. The maximum Gasteiger partial charge on any atom is 2.00 e. The van der Waals surface area contributed by atoms with Crippen LogP contribution in [-0.4, -0.2) is 98.4 Å². The molecular formula is C54H84MgN2O10-2. The Morgan fingerprint density at radius 2 is 0.896 bits per heavy atom. The van der Waals surface area contributed by atoms with Gasteiger partial charge >= 0.3 is 23.1 Å². The van der Waals surface area contributed by atoms with Crippen molar-refractivity contribution < 1.29 is 55.9 Å². The first kappa shape index (κ1) is 71.8. The fraction of sp³-hybridized carbons (Fsp3) is 0.481. The molecule has 67 heavy (non-hydrogen) atoms. The van der Waals surface area contributed by atoms with E-state index in [2.05, 4.69) is 51.7 Å². The van der Waals surface area contributed by atoms with Gasteiger partial charge in [-0.3, -0.25) is 0 Å². The zero-order valence-corrected chi connectivity index (χ0v) is 42.4. The molecule has 0 aliphatic carbocycles. The molecule has 0 aliphatic heterocycles. The first-order valence-corrected chi connectivity index (χ1v) is 23.2. The van der Waals surface area contributed by atoms with Gasteiger partial charge in [0.05, 0.1) is 31.0 Å². The quantitative estimate of drug-likeness (QED) is 0.0169. The number of carbonyl (C=O) groups excluding carboxylic acids is 3. The van der Waals surface area contributed by atoms with E-state index >= 15 is 0 Å². The smallest absolute Gasteiger partial charge is 0.670 e. The second-order valence-corrected chi connectivity index (χ2v) is 14.7. The van der Waals surface area contributed by atoms with Crippen LogP contribution >= 0.6 is 0 Å². The molecule has 0 heterocycles. The summed E-state index contributed by atoms with van der Waals surface area (Å²) < 4.78 is 0. The van der Waals surface area contributed by atoms with Gasteiger partial charge in [-0.25, -0.2) is 0 Å². The Labute approximate surface area is 420 Å².